The van der Waals surface area contributed by atoms with E-state index in [0.717, 1.165) is 38.5 Å². The van der Waals surface area contributed by atoms with Gasteiger partial charge in [0, 0.05) is 0 Å². The molecule has 0 amide bonds. The maximum atomic E-state index is 12.0. The third kappa shape index (κ3) is 4.31. The summed E-state index contributed by atoms with van der Waals surface area (Å²) in [5.74, 6) is 0.217. The number of nitrogens with zero attached hydrogens (tertiary/aromatic N) is 2. The molecule has 128 valence electrons. The largest absolute Gasteiger partial charge is 0.391 e. The lowest BCUT2D eigenvalue weighted by Crippen LogP contribution is -2.28. The molecule has 0 aliphatic carbocycles. The van der Waals surface area contributed by atoms with Gasteiger partial charge in [-0.1, -0.05) is 39.5 Å². The number of nitrogens with one attached hydrogen (secondary N) is 2. The highest BCUT2D eigenvalue weighted by Gasteiger charge is 2.20. The van der Waals surface area contributed by atoms with E-state index >= 15 is 0 Å². The Hall–Kier alpha value is -1.89. The minimum Gasteiger partial charge on any atom is -0.391 e. The maximum Gasteiger partial charge on any atom is 0.327 e. The summed E-state index contributed by atoms with van der Waals surface area (Å²) in [6.07, 6.45) is 7.31. The van der Waals surface area contributed by atoms with Crippen molar-refractivity contribution in [1.29, 1.82) is 0 Å². The number of aliphatic hydroxyl groups is 1. The quantitative estimate of drug-likeness (QED) is 0.654. The minimum absolute atomic E-state index is 0.217. The van der Waals surface area contributed by atoms with Gasteiger partial charge < -0.3 is 9.67 Å². The Kier molecular flexibility index (Phi) is 6.15. The summed E-state index contributed by atoms with van der Waals surface area (Å²) >= 11 is 0. The molecule has 2 aromatic heterocycles. The second kappa shape index (κ2) is 8.10. The van der Waals surface area contributed by atoms with Crippen LogP contribution in [0.15, 0.2) is 15.9 Å². The number of hydrogen-bond donors (Lipinski definition) is 3. The molecule has 7 nitrogen and oxygen atoms in total. The standard InChI is InChI=1S/C16H26N4O3/c1-3-5-7-11(8-6-4-2)12(21)9-20-10-17-14-13(20)15(22)19-16(23)18-14/h10-12,21H,3-9H2,1-2H3,(H2,18,19,22,23). The fourth-order valence-corrected chi connectivity index (χ4v) is 2.96. The molecule has 23 heavy (non-hydrogen) atoms. The second-order valence-corrected chi connectivity index (χ2v) is 6.11. The number of hydrogen-bond acceptors (Lipinski definition) is 4. The molecule has 0 bridgehead atoms. The van der Waals surface area contributed by atoms with E-state index in [4.69, 9.17) is 0 Å². The fraction of sp³-hybridized carbons (Fsp3) is 0.688. The van der Waals surface area contributed by atoms with E-state index in [9.17, 15) is 14.7 Å². The van der Waals surface area contributed by atoms with Crippen LogP contribution in [0.1, 0.15) is 52.4 Å². The summed E-state index contributed by atoms with van der Waals surface area (Å²) in [5.41, 5.74) is -0.498. The molecule has 0 spiro atoms. The van der Waals surface area contributed by atoms with Gasteiger partial charge in [-0.3, -0.25) is 14.8 Å². The Morgan fingerprint density at radius 3 is 2.43 bits per heavy atom. The molecule has 7 heteroatoms. The summed E-state index contributed by atoms with van der Waals surface area (Å²) in [6, 6.07) is 0. The van der Waals surface area contributed by atoms with Crippen LogP contribution in [-0.2, 0) is 6.54 Å². The zero-order valence-electron chi connectivity index (χ0n) is 13.8. The van der Waals surface area contributed by atoms with Gasteiger partial charge in [0.25, 0.3) is 5.56 Å². The molecule has 3 N–H and O–H groups in total. The summed E-state index contributed by atoms with van der Waals surface area (Å²) in [6.45, 7) is 4.59. The van der Waals surface area contributed by atoms with Crippen molar-refractivity contribution in [1.82, 2.24) is 19.5 Å². The first kappa shape index (κ1) is 17.5. The third-order valence-electron chi connectivity index (χ3n) is 4.30. The summed E-state index contributed by atoms with van der Waals surface area (Å²) in [4.78, 5) is 32.0. The lowest BCUT2D eigenvalue weighted by atomic mass is 9.90. The van der Waals surface area contributed by atoms with Gasteiger partial charge in [-0.15, -0.1) is 0 Å². The molecule has 0 aromatic carbocycles. The van der Waals surface area contributed by atoms with Crippen LogP contribution in [-0.4, -0.2) is 30.7 Å². The molecule has 0 saturated heterocycles. The van der Waals surface area contributed by atoms with Crippen LogP contribution in [0.4, 0.5) is 0 Å². The van der Waals surface area contributed by atoms with E-state index in [-0.39, 0.29) is 11.6 Å². The first-order chi connectivity index (χ1) is 11.1. The Labute approximate surface area is 134 Å². The van der Waals surface area contributed by atoms with Gasteiger partial charge in [-0.05, 0) is 18.8 Å². The highest BCUT2D eigenvalue weighted by atomic mass is 16.3. The SMILES string of the molecule is CCCCC(CCCC)C(O)Cn1cnc2[nH]c(=O)[nH]c(=O)c21. The van der Waals surface area contributed by atoms with Crippen LogP contribution in [0, 0.1) is 5.92 Å². The highest BCUT2D eigenvalue weighted by Crippen LogP contribution is 2.21. The van der Waals surface area contributed by atoms with Gasteiger partial charge in [-0.25, -0.2) is 9.78 Å². The topological polar surface area (TPSA) is 104 Å². The zero-order chi connectivity index (χ0) is 16.8. The average molecular weight is 322 g/mol. The van der Waals surface area contributed by atoms with Crippen LogP contribution in [0.5, 0.6) is 0 Å². The zero-order valence-corrected chi connectivity index (χ0v) is 13.8. The lowest BCUT2D eigenvalue weighted by Gasteiger charge is -2.23. The highest BCUT2D eigenvalue weighted by molar-refractivity contribution is 5.68. The van der Waals surface area contributed by atoms with Crippen LogP contribution >= 0.6 is 0 Å². The molecule has 0 saturated carbocycles. The molecule has 2 rings (SSSR count). The Balaban J connectivity index is 2.19. The van der Waals surface area contributed by atoms with Crippen LogP contribution in [0.2, 0.25) is 0 Å². The summed E-state index contributed by atoms with van der Waals surface area (Å²) in [5, 5.41) is 10.6. The van der Waals surface area contributed by atoms with Crippen molar-refractivity contribution in [2.75, 3.05) is 0 Å². The normalized spacial score (nSPS) is 13.0. The number of aromatic nitrogens is 4. The smallest absolute Gasteiger partial charge is 0.327 e. The first-order valence-corrected chi connectivity index (χ1v) is 8.42. The number of aliphatic hydroxyl groups excluding tert-OH is 1. The monoisotopic (exact) mass is 322 g/mol. The van der Waals surface area contributed by atoms with Crippen LogP contribution in [0.3, 0.4) is 0 Å². The van der Waals surface area contributed by atoms with Crippen molar-refractivity contribution < 1.29 is 5.11 Å². The predicted octanol–water partition coefficient (Wildman–Crippen LogP) is 1.77. The molecule has 1 unspecified atom stereocenters. The van der Waals surface area contributed by atoms with Gasteiger partial charge in [0.15, 0.2) is 11.2 Å². The number of unbranched alkanes of at least 4 members (excludes halogenated alkanes) is 2. The van der Waals surface area contributed by atoms with E-state index in [0.29, 0.717) is 12.1 Å². The maximum absolute atomic E-state index is 12.0. The van der Waals surface area contributed by atoms with Crippen molar-refractivity contribution in [3.05, 3.63) is 27.2 Å². The average Bonchev–Trinajstić information content (AvgIpc) is 2.90. The summed E-state index contributed by atoms with van der Waals surface area (Å²) in [7, 11) is 0. The van der Waals surface area contributed by atoms with Gasteiger partial charge >= 0.3 is 5.69 Å². The van der Waals surface area contributed by atoms with Crippen molar-refractivity contribution in [2.24, 2.45) is 5.92 Å². The van der Waals surface area contributed by atoms with Crippen molar-refractivity contribution in [3.8, 4) is 0 Å². The lowest BCUT2D eigenvalue weighted by molar-refractivity contribution is 0.0791. The fourth-order valence-electron chi connectivity index (χ4n) is 2.96. The number of imidazole rings is 1. The molecular formula is C16H26N4O3. The Bertz CT molecular complexity index is 723. The van der Waals surface area contributed by atoms with Gasteiger partial charge in [0.1, 0.15) is 0 Å². The van der Waals surface area contributed by atoms with Gasteiger partial charge in [0.05, 0.1) is 19.0 Å². The molecule has 0 radical (unpaired) electrons. The van der Waals surface area contributed by atoms with E-state index in [1.54, 1.807) is 4.57 Å². The van der Waals surface area contributed by atoms with Crippen molar-refractivity contribution in [2.45, 2.75) is 65.0 Å². The third-order valence-corrected chi connectivity index (χ3v) is 4.30. The molecule has 0 aliphatic heterocycles. The van der Waals surface area contributed by atoms with Crippen molar-refractivity contribution in [3.63, 3.8) is 0 Å². The molecule has 2 aromatic rings. The predicted molar refractivity (Wildman–Crippen MR) is 89.5 cm³/mol. The molecule has 0 fully saturated rings. The van der Waals surface area contributed by atoms with E-state index in [2.05, 4.69) is 28.8 Å². The molecule has 2 heterocycles. The first-order valence-electron chi connectivity index (χ1n) is 8.42. The Morgan fingerprint density at radius 2 is 1.83 bits per heavy atom. The second-order valence-electron chi connectivity index (χ2n) is 6.11. The van der Waals surface area contributed by atoms with E-state index in [1.807, 2.05) is 0 Å². The summed E-state index contributed by atoms with van der Waals surface area (Å²) < 4.78 is 1.62. The van der Waals surface area contributed by atoms with Crippen LogP contribution in [0.25, 0.3) is 11.2 Å². The van der Waals surface area contributed by atoms with Crippen molar-refractivity contribution >= 4 is 11.2 Å². The Morgan fingerprint density at radius 1 is 1.17 bits per heavy atom. The number of fused-ring (bicyclic) bond motifs is 1. The number of aromatic amines is 2. The van der Waals surface area contributed by atoms with E-state index in [1.165, 1.54) is 6.33 Å². The van der Waals surface area contributed by atoms with Crippen LogP contribution < -0.4 is 11.2 Å². The molecule has 0 aliphatic rings. The van der Waals surface area contributed by atoms with E-state index < -0.39 is 17.4 Å². The number of H-pyrrole nitrogens is 2. The van der Waals surface area contributed by atoms with Gasteiger partial charge in [-0.2, -0.15) is 0 Å². The minimum atomic E-state index is -0.572. The molecule has 1 atom stereocenters. The van der Waals surface area contributed by atoms with Gasteiger partial charge in [0.2, 0.25) is 0 Å². The molecular weight excluding hydrogens is 296 g/mol. The number of rotatable bonds is 9.